The van der Waals surface area contributed by atoms with Gasteiger partial charge in [-0.2, -0.15) is 0 Å². The molecule has 0 radical (unpaired) electrons. The lowest BCUT2D eigenvalue weighted by Gasteiger charge is -2.12. The molecule has 1 aliphatic rings. The summed E-state index contributed by atoms with van der Waals surface area (Å²) >= 11 is 0. The molecule has 0 saturated heterocycles. The number of carbonyl (C=O) groups excluding carboxylic acids is 1. The molecule has 0 heterocycles. The number of nitrogens with one attached hydrogen (secondary N) is 1. The van der Waals surface area contributed by atoms with Crippen molar-refractivity contribution in [3.05, 3.63) is 24.3 Å². The normalized spacial score (nSPS) is 14.9. The van der Waals surface area contributed by atoms with Gasteiger partial charge in [0.2, 0.25) is 0 Å². The minimum absolute atomic E-state index is 0. The maximum absolute atomic E-state index is 11.6. The fourth-order valence-electron chi connectivity index (χ4n) is 1.79. The van der Waals surface area contributed by atoms with Gasteiger partial charge in [0.05, 0.1) is 7.11 Å². The molecule has 1 saturated carbocycles. The molecular formula is C14H21ClN2O3. The van der Waals surface area contributed by atoms with E-state index < -0.39 is 0 Å². The smallest absolute Gasteiger partial charge is 0.257 e. The first-order valence-electron chi connectivity index (χ1n) is 6.48. The maximum atomic E-state index is 11.6. The lowest BCUT2D eigenvalue weighted by molar-refractivity contribution is -0.123. The molecule has 3 N–H and O–H groups in total. The van der Waals surface area contributed by atoms with Crippen LogP contribution in [-0.2, 0) is 4.79 Å². The van der Waals surface area contributed by atoms with E-state index in [1.54, 1.807) is 31.4 Å². The van der Waals surface area contributed by atoms with Gasteiger partial charge in [-0.3, -0.25) is 4.79 Å². The molecule has 5 nitrogen and oxygen atoms in total. The molecule has 1 amide bonds. The van der Waals surface area contributed by atoms with Crippen LogP contribution in [0.5, 0.6) is 11.5 Å². The number of methoxy groups -OCH3 is 1. The quantitative estimate of drug-likeness (QED) is 0.797. The highest BCUT2D eigenvalue weighted by molar-refractivity contribution is 5.85. The number of hydrogen-bond acceptors (Lipinski definition) is 4. The Morgan fingerprint density at radius 1 is 1.35 bits per heavy atom. The number of amides is 1. The lowest BCUT2D eigenvalue weighted by Crippen LogP contribution is -2.40. The minimum atomic E-state index is -0.146. The van der Waals surface area contributed by atoms with E-state index in [-0.39, 0.29) is 31.0 Å². The van der Waals surface area contributed by atoms with Crippen LogP contribution in [0.4, 0.5) is 0 Å². The van der Waals surface area contributed by atoms with Crippen molar-refractivity contribution in [1.82, 2.24) is 5.32 Å². The standard InChI is InChI=1S/C14H20N2O3.ClH/c1-18-11-4-6-12(7-5-11)19-9-14(17)16-8-13(15)10-2-3-10;/h4-7,10,13H,2-3,8-9,15H2,1H3,(H,16,17);1H. The van der Waals surface area contributed by atoms with Crippen LogP contribution in [0.1, 0.15) is 12.8 Å². The highest BCUT2D eigenvalue weighted by atomic mass is 35.5. The molecule has 1 aromatic carbocycles. The van der Waals surface area contributed by atoms with E-state index in [0.717, 1.165) is 5.75 Å². The first-order chi connectivity index (χ1) is 9.19. The third-order valence-corrected chi connectivity index (χ3v) is 3.19. The summed E-state index contributed by atoms with van der Waals surface area (Å²) in [5.74, 6) is 1.84. The van der Waals surface area contributed by atoms with Gasteiger partial charge in [-0.15, -0.1) is 12.4 Å². The van der Waals surface area contributed by atoms with E-state index in [1.807, 2.05) is 0 Å². The average Bonchev–Trinajstić information content (AvgIpc) is 3.27. The second-order valence-corrected chi connectivity index (χ2v) is 4.77. The third kappa shape index (κ3) is 5.27. The number of rotatable bonds is 7. The van der Waals surface area contributed by atoms with Crippen molar-refractivity contribution in [2.45, 2.75) is 18.9 Å². The molecule has 1 fully saturated rings. The molecule has 0 aliphatic heterocycles. The monoisotopic (exact) mass is 300 g/mol. The van der Waals surface area contributed by atoms with Crippen LogP contribution in [0.15, 0.2) is 24.3 Å². The van der Waals surface area contributed by atoms with E-state index in [1.165, 1.54) is 12.8 Å². The van der Waals surface area contributed by atoms with Crippen molar-refractivity contribution in [2.24, 2.45) is 11.7 Å². The Bertz CT molecular complexity index is 421. The average molecular weight is 301 g/mol. The fourth-order valence-corrected chi connectivity index (χ4v) is 1.79. The van der Waals surface area contributed by atoms with Gasteiger partial charge >= 0.3 is 0 Å². The lowest BCUT2D eigenvalue weighted by atomic mass is 10.2. The molecule has 0 spiro atoms. The van der Waals surface area contributed by atoms with Gasteiger partial charge in [0, 0.05) is 12.6 Å². The van der Waals surface area contributed by atoms with Gasteiger partial charge in [-0.25, -0.2) is 0 Å². The van der Waals surface area contributed by atoms with Crippen molar-refractivity contribution in [1.29, 1.82) is 0 Å². The van der Waals surface area contributed by atoms with E-state index in [9.17, 15) is 4.79 Å². The molecular weight excluding hydrogens is 280 g/mol. The summed E-state index contributed by atoms with van der Waals surface area (Å²) in [6.45, 7) is 0.527. The largest absolute Gasteiger partial charge is 0.497 e. The minimum Gasteiger partial charge on any atom is -0.497 e. The zero-order chi connectivity index (χ0) is 13.7. The second kappa shape index (κ2) is 7.97. The van der Waals surface area contributed by atoms with Crippen molar-refractivity contribution < 1.29 is 14.3 Å². The second-order valence-electron chi connectivity index (χ2n) is 4.77. The van der Waals surface area contributed by atoms with E-state index in [0.29, 0.717) is 18.2 Å². The molecule has 20 heavy (non-hydrogen) atoms. The van der Waals surface area contributed by atoms with Gasteiger partial charge in [0.1, 0.15) is 11.5 Å². The SMILES string of the molecule is COc1ccc(OCC(=O)NCC(N)C2CC2)cc1.Cl. The van der Waals surface area contributed by atoms with Gasteiger partial charge < -0.3 is 20.5 Å². The van der Waals surface area contributed by atoms with E-state index in [4.69, 9.17) is 15.2 Å². The molecule has 0 aromatic heterocycles. The highest BCUT2D eigenvalue weighted by Gasteiger charge is 2.28. The Balaban J connectivity index is 0.00000200. The van der Waals surface area contributed by atoms with Gasteiger partial charge in [0.15, 0.2) is 6.61 Å². The maximum Gasteiger partial charge on any atom is 0.257 e. The van der Waals surface area contributed by atoms with Crippen molar-refractivity contribution in [3.63, 3.8) is 0 Å². The highest BCUT2D eigenvalue weighted by Crippen LogP contribution is 2.31. The van der Waals surface area contributed by atoms with Gasteiger partial charge in [0.25, 0.3) is 5.91 Å². The summed E-state index contributed by atoms with van der Waals surface area (Å²) in [4.78, 5) is 11.6. The van der Waals surface area contributed by atoms with E-state index >= 15 is 0 Å². The molecule has 1 unspecified atom stereocenters. The Morgan fingerprint density at radius 3 is 2.50 bits per heavy atom. The number of hydrogen-bond donors (Lipinski definition) is 2. The first kappa shape index (κ1) is 16.6. The summed E-state index contributed by atoms with van der Waals surface area (Å²) in [6, 6.07) is 7.18. The van der Waals surface area contributed by atoms with Crippen LogP contribution in [0.25, 0.3) is 0 Å². The molecule has 112 valence electrons. The Kier molecular flexibility index (Phi) is 6.61. The molecule has 1 atom stereocenters. The predicted octanol–water partition coefficient (Wildman–Crippen LogP) is 1.35. The predicted molar refractivity (Wildman–Crippen MR) is 79.4 cm³/mol. The summed E-state index contributed by atoms with van der Waals surface area (Å²) in [6.07, 6.45) is 2.36. The van der Waals surface area contributed by atoms with Crippen molar-refractivity contribution in [3.8, 4) is 11.5 Å². The fraction of sp³-hybridized carbons (Fsp3) is 0.500. The summed E-state index contributed by atoms with van der Waals surface area (Å²) in [7, 11) is 1.60. The molecule has 0 bridgehead atoms. The topological polar surface area (TPSA) is 73.6 Å². The Labute approximate surface area is 125 Å². The summed E-state index contributed by atoms with van der Waals surface area (Å²) in [5, 5.41) is 2.78. The van der Waals surface area contributed by atoms with Crippen LogP contribution >= 0.6 is 12.4 Å². The zero-order valence-corrected chi connectivity index (χ0v) is 12.3. The van der Waals surface area contributed by atoms with Crippen LogP contribution in [0.2, 0.25) is 0 Å². The molecule has 6 heteroatoms. The molecule has 1 aliphatic carbocycles. The van der Waals surface area contributed by atoms with Crippen molar-refractivity contribution >= 4 is 18.3 Å². The first-order valence-corrected chi connectivity index (χ1v) is 6.48. The summed E-state index contributed by atoms with van der Waals surface area (Å²) < 4.78 is 10.4. The number of benzene rings is 1. The third-order valence-electron chi connectivity index (χ3n) is 3.19. The molecule has 1 aromatic rings. The van der Waals surface area contributed by atoms with Crippen molar-refractivity contribution in [2.75, 3.05) is 20.3 Å². The Morgan fingerprint density at radius 2 is 1.95 bits per heavy atom. The van der Waals surface area contributed by atoms with Gasteiger partial charge in [-0.05, 0) is 43.0 Å². The number of nitrogens with two attached hydrogens (primary N) is 1. The van der Waals surface area contributed by atoms with E-state index in [2.05, 4.69) is 5.32 Å². The summed E-state index contributed by atoms with van der Waals surface area (Å²) in [5.41, 5.74) is 5.90. The van der Waals surface area contributed by atoms with Gasteiger partial charge in [-0.1, -0.05) is 0 Å². The number of carbonyl (C=O) groups is 1. The van der Waals surface area contributed by atoms with Crippen LogP contribution in [0.3, 0.4) is 0 Å². The van der Waals surface area contributed by atoms with Crippen LogP contribution < -0.4 is 20.5 Å². The van der Waals surface area contributed by atoms with Crippen LogP contribution in [-0.4, -0.2) is 32.2 Å². The number of halogens is 1. The zero-order valence-electron chi connectivity index (χ0n) is 11.5. The Hall–Kier alpha value is -1.46. The number of ether oxygens (including phenoxy) is 2. The molecule has 2 rings (SSSR count). The van der Waals surface area contributed by atoms with Crippen LogP contribution in [0, 0.1) is 5.92 Å².